The van der Waals surface area contributed by atoms with Crippen molar-refractivity contribution in [2.75, 3.05) is 13.1 Å². The first-order chi connectivity index (χ1) is 7.15. The molecular weight excluding hydrogens is 212 g/mol. The van der Waals surface area contributed by atoms with E-state index in [2.05, 4.69) is 11.6 Å². The molecule has 0 saturated carbocycles. The summed E-state index contributed by atoms with van der Waals surface area (Å²) in [5, 5.41) is 10.7. The van der Waals surface area contributed by atoms with Crippen molar-refractivity contribution < 1.29 is 9.90 Å². The van der Waals surface area contributed by atoms with Gasteiger partial charge in [-0.1, -0.05) is 6.08 Å². The number of carboxylic acid groups (broad SMARTS) is 1. The number of carbonyl (C=O) groups is 1. The van der Waals surface area contributed by atoms with E-state index in [1.807, 2.05) is 17.2 Å². The molecule has 1 N–H and O–H groups in total. The second kappa shape index (κ2) is 5.63. The third kappa shape index (κ3) is 3.45. The SMILES string of the molecule is C=CCN(CC(=O)O)C(C)c1cscn1. The van der Waals surface area contributed by atoms with Crippen LogP contribution in [0.3, 0.4) is 0 Å². The monoisotopic (exact) mass is 226 g/mol. The van der Waals surface area contributed by atoms with Crippen molar-refractivity contribution in [1.29, 1.82) is 0 Å². The van der Waals surface area contributed by atoms with Gasteiger partial charge < -0.3 is 5.11 Å². The molecule has 1 rings (SSSR count). The van der Waals surface area contributed by atoms with E-state index in [9.17, 15) is 4.79 Å². The molecule has 0 aromatic carbocycles. The van der Waals surface area contributed by atoms with Crippen LogP contribution >= 0.6 is 11.3 Å². The minimum atomic E-state index is -0.834. The van der Waals surface area contributed by atoms with Gasteiger partial charge in [0.05, 0.1) is 23.8 Å². The summed E-state index contributed by atoms with van der Waals surface area (Å²) >= 11 is 1.51. The summed E-state index contributed by atoms with van der Waals surface area (Å²) in [6.07, 6.45) is 1.70. The molecule has 0 bridgehead atoms. The van der Waals surface area contributed by atoms with Gasteiger partial charge >= 0.3 is 5.97 Å². The summed E-state index contributed by atoms with van der Waals surface area (Å²) in [5.74, 6) is -0.834. The molecule has 0 aliphatic carbocycles. The summed E-state index contributed by atoms with van der Waals surface area (Å²) in [4.78, 5) is 16.7. The maximum absolute atomic E-state index is 10.7. The van der Waals surface area contributed by atoms with E-state index < -0.39 is 5.97 Å². The molecule has 0 fully saturated rings. The molecule has 15 heavy (non-hydrogen) atoms. The van der Waals surface area contributed by atoms with E-state index >= 15 is 0 Å². The largest absolute Gasteiger partial charge is 0.480 e. The minimum absolute atomic E-state index is 0.00468. The highest BCUT2D eigenvalue weighted by atomic mass is 32.1. The van der Waals surface area contributed by atoms with Gasteiger partial charge in [0.25, 0.3) is 0 Å². The second-order valence-electron chi connectivity index (χ2n) is 3.20. The van der Waals surface area contributed by atoms with Crippen LogP contribution in [0.5, 0.6) is 0 Å². The smallest absolute Gasteiger partial charge is 0.317 e. The van der Waals surface area contributed by atoms with Crippen LogP contribution in [0.15, 0.2) is 23.5 Å². The summed E-state index contributed by atoms with van der Waals surface area (Å²) in [6, 6.07) is 0.00495. The minimum Gasteiger partial charge on any atom is -0.480 e. The second-order valence-corrected chi connectivity index (χ2v) is 3.92. The first-order valence-electron chi connectivity index (χ1n) is 4.60. The zero-order valence-corrected chi connectivity index (χ0v) is 9.41. The third-order valence-corrected chi connectivity index (χ3v) is 2.73. The molecule has 5 heteroatoms. The molecule has 4 nitrogen and oxygen atoms in total. The topological polar surface area (TPSA) is 53.4 Å². The highest BCUT2D eigenvalue weighted by Crippen LogP contribution is 2.19. The lowest BCUT2D eigenvalue weighted by Gasteiger charge is -2.24. The first kappa shape index (κ1) is 11.9. The van der Waals surface area contributed by atoms with E-state index in [1.165, 1.54) is 11.3 Å². The number of aliphatic carboxylic acids is 1. The Bertz CT molecular complexity index is 324. The van der Waals surface area contributed by atoms with Crippen LogP contribution in [0, 0.1) is 0 Å². The molecule has 0 radical (unpaired) electrons. The quantitative estimate of drug-likeness (QED) is 0.751. The number of nitrogens with zero attached hydrogens (tertiary/aromatic N) is 2. The van der Waals surface area contributed by atoms with E-state index in [0.29, 0.717) is 6.54 Å². The molecule has 1 aromatic rings. The molecule has 1 atom stereocenters. The van der Waals surface area contributed by atoms with Crippen LogP contribution in [0.2, 0.25) is 0 Å². The number of aromatic nitrogens is 1. The van der Waals surface area contributed by atoms with Gasteiger partial charge in [-0.25, -0.2) is 4.98 Å². The number of hydrogen-bond donors (Lipinski definition) is 1. The Morgan fingerprint density at radius 1 is 1.87 bits per heavy atom. The summed E-state index contributed by atoms with van der Waals surface area (Å²) in [7, 11) is 0. The van der Waals surface area contributed by atoms with Gasteiger partial charge in [0, 0.05) is 11.9 Å². The van der Waals surface area contributed by atoms with Crippen molar-refractivity contribution in [1.82, 2.24) is 9.88 Å². The molecule has 1 aromatic heterocycles. The van der Waals surface area contributed by atoms with Crippen LogP contribution < -0.4 is 0 Å². The molecule has 0 aliphatic rings. The van der Waals surface area contributed by atoms with Crippen molar-refractivity contribution in [3.8, 4) is 0 Å². The molecule has 1 unspecified atom stereocenters. The highest BCUT2D eigenvalue weighted by molar-refractivity contribution is 7.07. The third-order valence-electron chi connectivity index (χ3n) is 2.13. The Morgan fingerprint density at radius 2 is 2.60 bits per heavy atom. The predicted octanol–water partition coefficient (Wildman–Crippen LogP) is 1.78. The Balaban J connectivity index is 2.70. The van der Waals surface area contributed by atoms with Crippen molar-refractivity contribution in [2.24, 2.45) is 0 Å². The average molecular weight is 226 g/mol. The number of hydrogen-bond acceptors (Lipinski definition) is 4. The van der Waals surface area contributed by atoms with Crippen molar-refractivity contribution >= 4 is 17.3 Å². The molecule has 0 aliphatic heterocycles. The van der Waals surface area contributed by atoms with E-state index in [1.54, 1.807) is 11.6 Å². The van der Waals surface area contributed by atoms with Crippen LogP contribution in [-0.2, 0) is 4.79 Å². The Labute approximate surface area is 92.9 Å². The van der Waals surface area contributed by atoms with Gasteiger partial charge in [0.2, 0.25) is 0 Å². The predicted molar refractivity (Wildman–Crippen MR) is 59.9 cm³/mol. The summed E-state index contributed by atoms with van der Waals surface area (Å²) in [5.41, 5.74) is 2.65. The van der Waals surface area contributed by atoms with E-state index in [-0.39, 0.29) is 12.6 Å². The zero-order chi connectivity index (χ0) is 11.3. The van der Waals surface area contributed by atoms with Crippen molar-refractivity contribution in [3.63, 3.8) is 0 Å². The van der Waals surface area contributed by atoms with Gasteiger partial charge in [0.1, 0.15) is 0 Å². The fraction of sp³-hybridized carbons (Fsp3) is 0.400. The highest BCUT2D eigenvalue weighted by Gasteiger charge is 2.18. The number of rotatable bonds is 6. The van der Waals surface area contributed by atoms with Gasteiger partial charge in [-0.05, 0) is 6.92 Å². The van der Waals surface area contributed by atoms with Crippen LogP contribution in [0.25, 0.3) is 0 Å². The summed E-state index contributed by atoms with van der Waals surface area (Å²) < 4.78 is 0. The maximum Gasteiger partial charge on any atom is 0.317 e. The normalized spacial score (nSPS) is 12.7. The fourth-order valence-electron chi connectivity index (χ4n) is 1.31. The Kier molecular flexibility index (Phi) is 4.45. The lowest BCUT2D eigenvalue weighted by molar-refractivity contribution is -0.138. The zero-order valence-electron chi connectivity index (χ0n) is 8.59. The maximum atomic E-state index is 10.7. The van der Waals surface area contributed by atoms with Crippen molar-refractivity contribution in [3.05, 3.63) is 29.2 Å². The van der Waals surface area contributed by atoms with Gasteiger partial charge in [-0.3, -0.25) is 9.69 Å². The van der Waals surface area contributed by atoms with Crippen LogP contribution in [0.4, 0.5) is 0 Å². The summed E-state index contributed by atoms with van der Waals surface area (Å²) in [6.45, 7) is 6.12. The standard InChI is InChI=1S/C10H14N2O2S/c1-3-4-12(5-10(13)14)8(2)9-6-15-7-11-9/h3,6-8H,1,4-5H2,2H3,(H,13,14). The fourth-order valence-corrected chi connectivity index (χ4v) is 1.96. The molecule has 0 amide bonds. The van der Waals surface area contributed by atoms with Gasteiger partial charge in [-0.15, -0.1) is 17.9 Å². The van der Waals surface area contributed by atoms with Crippen LogP contribution in [-0.4, -0.2) is 34.0 Å². The molecule has 1 heterocycles. The molecule has 82 valence electrons. The lowest BCUT2D eigenvalue weighted by Crippen LogP contribution is -2.32. The molecule has 0 spiro atoms. The first-order valence-corrected chi connectivity index (χ1v) is 5.54. The van der Waals surface area contributed by atoms with E-state index in [0.717, 1.165) is 5.69 Å². The Hall–Kier alpha value is -1.20. The average Bonchev–Trinajstić information content (AvgIpc) is 2.68. The van der Waals surface area contributed by atoms with E-state index in [4.69, 9.17) is 5.11 Å². The van der Waals surface area contributed by atoms with Crippen LogP contribution in [0.1, 0.15) is 18.7 Å². The lowest BCUT2D eigenvalue weighted by atomic mass is 10.2. The molecule has 0 saturated heterocycles. The van der Waals surface area contributed by atoms with Gasteiger partial charge in [0.15, 0.2) is 0 Å². The van der Waals surface area contributed by atoms with Gasteiger partial charge in [-0.2, -0.15) is 0 Å². The molecular formula is C10H14N2O2S. The Morgan fingerprint density at radius 3 is 3.07 bits per heavy atom. The van der Waals surface area contributed by atoms with Crippen molar-refractivity contribution in [2.45, 2.75) is 13.0 Å². The number of thiazole rings is 1. The number of carboxylic acids is 1.